The van der Waals surface area contributed by atoms with Gasteiger partial charge in [0.1, 0.15) is 15.2 Å². The Balaban J connectivity index is 1.01. The summed E-state index contributed by atoms with van der Waals surface area (Å²) in [7, 11) is -2.96. The van der Waals surface area contributed by atoms with E-state index in [1.165, 1.54) is 6.07 Å². The Morgan fingerprint density at radius 1 is 1.11 bits per heavy atom. The van der Waals surface area contributed by atoms with Gasteiger partial charge in [0.2, 0.25) is 0 Å². The lowest BCUT2D eigenvalue weighted by molar-refractivity contribution is 0.0835. The summed E-state index contributed by atoms with van der Waals surface area (Å²) in [6.45, 7) is 1.81. The van der Waals surface area contributed by atoms with Gasteiger partial charge in [-0.15, -0.1) is 0 Å². The van der Waals surface area contributed by atoms with E-state index < -0.39 is 9.73 Å². The predicted octanol–water partition coefficient (Wildman–Crippen LogP) is 5.85. The highest BCUT2D eigenvalue weighted by Gasteiger charge is 2.39. The fourth-order valence-electron chi connectivity index (χ4n) is 5.65. The molecule has 8 nitrogen and oxygen atoms in total. The van der Waals surface area contributed by atoms with Crippen molar-refractivity contribution in [3.8, 4) is 0 Å². The zero-order chi connectivity index (χ0) is 24.9. The van der Waals surface area contributed by atoms with E-state index in [4.69, 9.17) is 25.2 Å². The molecule has 36 heavy (non-hydrogen) atoms. The number of carbonyl (C=O) groups excluding carboxylic acids is 1. The molecule has 2 aliphatic carbocycles. The van der Waals surface area contributed by atoms with Gasteiger partial charge in [-0.3, -0.25) is 4.79 Å². The van der Waals surface area contributed by atoms with Crippen molar-refractivity contribution in [3.63, 3.8) is 0 Å². The first-order chi connectivity index (χ1) is 17.3. The van der Waals surface area contributed by atoms with Crippen LogP contribution in [0.25, 0.3) is 11.1 Å². The number of hydrogen-bond donors (Lipinski definition) is 2. The number of nitrogens with one attached hydrogen (secondary N) is 2. The molecule has 0 radical (unpaired) electrons. The molecular weight excluding hydrogens is 500 g/mol. The van der Waals surface area contributed by atoms with Gasteiger partial charge in [0, 0.05) is 29.9 Å². The van der Waals surface area contributed by atoms with E-state index in [1.54, 1.807) is 6.07 Å². The number of aromatic nitrogens is 1. The van der Waals surface area contributed by atoms with Crippen LogP contribution in [-0.2, 0) is 9.73 Å². The lowest BCUT2D eigenvalue weighted by Gasteiger charge is -2.45. The van der Waals surface area contributed by atoms with Gasteiger partial charge in [-0.1, -0.05) is 11.6 Å². The van der Waals surface area contributed by atoms with Crippen molar-refractivity contribution in [3.05, 3.63) is 41.1 Å². The Hall–Kier alpha value is -2.52. The molecule has 1 aromatic carbocycles. The van der Waals surface area contributed by atoms with Crippen LogP contribution in [0.3, 0.4) is 0 Å². The third kappa shape index (κ3) is 4.87. The van der Waals surface area contributed by atoms with Crippen LogP contribution in [0, 0.1) is 16.1 Å². The smallest absolute Gasteiger partial charge is 0.298 e. The molecule has 3 aromatic rings. The Morgan fingerprint density at radius 2 is 1.86 bits per heavy atom. The summed E-state index contributed by atoms with van der Waals surface area (Å²) in [6, 6.07) is 9.34. The van der Waals surface area contributed by atoms with Crippen LogP contribution in [-0.4, -0.2) is 40.0 Å². The second-order valence-electron chi connectivity index (χ2n) is 10.7. The summed E-state index contributed by atoms with van der Waals surface area (Å²) in [5.41, 5.74) is 1.83. The first-order valence-corrected chi connectivity index (χ1v) is 14.9. The number of nitrogens with zero attached hydrogens (tertiary/aromatic N) is 2. The number of amides is 1. The number of carbonyl (C=O) groups is 1. The summed E-state index contributed by atoms with van der Waals surface area (Å²) in [5.74, 6) is 0.543. The molecule has 1 spiro atoms. The minimum atomic E-state index is -2.96. The van der Waals surface area contributed by atoms with Gasteiger partial charge in [0.05, 0.1) is 0 Å². The maximum absolute atomic E-state index is 12.8. The molecule has 0 bridgehead atoms. The molecule has 6 rings (SSSR count). The monoisotopic (exact) mass is 530 g/mol. The van der Waals surface area contributed by atoms with E-state index >= 15 is 0 Å². The number of hydrogen-bond acceptors (Lipinski definition) is 7. The molecule has 1 saturated heterocycles. The highest BCUT2D eigenvalue weighted by atomic mass is 35.5. The quantitative estimate of drug-likeness (QED) is 0.413. The number of anilines is 1. The van der Waals surface area contributed by atoms with E-state index in [9.17, 15) is 9.00 Å². The van der Waals surface area contributed by atoms with E-state index in [1.807, 2.05) is 18.2 Å². The van der Waals surface area contributed by atoms with Crippen LogP contribution in [0.4, 0.5) is 6.01 Å². The molecule has 3 aliphatic rings. The summed E-state index contributed by atoms with van der Waals surface area (Å²) >= 11 is 6.08. The van der Waals surface area contributed by atoms with Crippen molar-refractivity contribution < 1.29 is 17.8 Å². The third-order valence-corrected chi connectivity index (χ3v) is 10.2. The van der Waals surface area contributed by atoms with Crippen molar-refractivity contribution in [2.75, 3.05) is 23.7 Å². The Labute approximate surface area is 215 Å². The molecule has 2 N–H and O–H groups in total. The maximum Gasteiger partial charge on any atom is 0.298 e. The van der Waals surface area contributed by atoms with Crippen LogP contribution < -0.4 is 10.2 Å². The van der Waals surface area contributed by atoms with Gasteiger partial charge in [0.15, 0.2) is 16.4 Å². The molecule has 3 heterocycles. The van der Waals surface area contributed by atoms with Crippen LogP contribution in [0.5, 0.6) is 0 Å². The van der Waals surface area contributed by atoms with Crippen LogP contribution in [0.15, 0.2) is 44.3 Å². The summed E-state index contributed by atoms with van der Waals surface area (Å²) < 4.78 is 32.3. The lowest BCUT2D eigenvalue weighted by Crippen LogP contribution is -2.45. The number of piperidine rings is 1. The average molecular weight is 531 g/mol. The first-order valence-electron chi connectivity index (χ1n) is 12.8. The second kappa shape index (κ2) is 9.10. The second-order valence-corrected chi connectivity index (χ2v) is 13.3. The standard InChI is InChI=1S/C26H31ClN4O4S/c27-18-3-4-21-20(15-18)30-25(35-21)31-13-11-26(12-14-31)9-7-19(8-10-26)29-24(32)22-5-6-23(34-22)36(28,33)16-17-1-2-17/h3-6,15,17,19,28H,1-2,7-14,16H2,(H,29,32). The number of oxazole rings is 1. The van der Waals surface area contributed by atoms with E-state index in [0.717, 1.165) is 75.6 Å². The molecule has 1 unspecified atom stereocenters. The SMILES string of the molecule is N=S(=O)(CC1CC1)c1ccc(C(=O)NC2CCC3(CC2)CCN(c2nc4cc(Cl)ccc4o2)CC3)o1. The number of halogens is 1. The topological polar surface area (TPSA) is 112 Å². The van der Waals surface area contributed by atoms with Gasteiger partial charge in [0.25, 0.3) is 11.9 Å². The highest BCUT2D eigenvalue weighted by Crippen LogP contribution is 2.45. The molecule has 1 atom stereocenters. The maximum atomic E-state index is 12.8. The highest BCUT2D eigenvalue weighted by molar-refractivity contribution is 7.92. The zero-order valence-electron chi connectivity index (χ0n) is 20.1. The van der Waals surface area contributed by atoms with E-state index in [0.29, 0.717) is 28.1 Å². The van der Waals surface area contributed by atoms with Crippen LogP contribution in [0.1, 0.15) is 61.9 Å². The Bertz CT molecular complexity index is 1380. The molecule has 3 fully saturated rings. The van der Waals surface area contributed by atoms with Gasteiger partial charge >= 0.3 is 0 Å². The Kier molecular flexibility index (Phi) is 6.03. The molecule has 2 saturated carbocycles. The van der Waals surface area contributed by atoms with E-state index in [2.05, 4.69) is 15.2 Å². The molecule has 10 heteroatoms. The van der Waals surface area contributed by atoms with Gasteiger partial charge < -0.3 is 19.1 Å². The lowest BCUT2D eigenvalue weighted by atomic mass is 9.67. The van der Waals surface area contributed by atoms with Gasteiger partial charge in [-0.2, -0.15) is 4.98 Å². The Morgan fingerprint density at radius 3 is 2.58 bits per heavy atom. The fraction of sp³-hybridized carbons (Fsp3) is 0.538. The van der Waals surface area contributed by atoms with Crippen LogP contribution in [0.2, 0.25) is 5.02 Å². The van der Waals surface area contributed by atoms with E-state index in [-0.39, 0.29) is 22.8 Å². The summed E-state index contributed by atoms with van der Waals surface area (Å²) in [5, 5.41) is 3.87. The molecule has 192 valence electrons. The molecule has 2 aromatic heterocycles. The number of benzene rings is 1. The predicted molar refractivity (Wildman–Crippen MR) is 138 cm³/mol. The molecule has 1 amide bonds. The van der Waals surface area contributed by atoms with Crippen molar-refractivity contribution >= 4 is 44.4 Å². The molecular formula is C26H31ClN4O4S. The third-order valence-electron chi connectivity index (χ3n) is 8.11. The largest absolute Gasteiger partial charge is 0.441 e. The number of furan rings is 1. The normalized spacial score (nSPS) is 22.1. The fourth-order valence-corrected chi connectivity index (χ4v) is 7.49. The van der Waals surface area contributed by atoms with Crippen LogP contribution >= 0.6 is 11.6 Å². The zero-order valence-corrected chi connectivity index (χ0v) is 21.7. The number of fused-ring (bicyclic) bond motifs is 1. The van der Waals surface area contributed by atoms with Crippen molar-refractivity contribution in [1.82, 2.24) is 10.3 Å². The summed E-state index contributed by atoms with van der Waals surface area (Å²) in [4.78, 5) is 19.6. The minimum Gasteiger partial charge on any atom is -0.441 e. The van der Waals surface area contributed by atoms with Gasteiger partial charge in [-0.05, 0) is 93.0 Å². The van der Waals surface area contributed by atoms with Crippen molar-refractivity contribution in [2.45, 2.75) is 62.5 Å². The minimum absolute atomic E-state index is 0.100. The summed E-state index contributed by atoms with van der Waals surface area (Å²) in [6.07, 6.45) is 8.20. The average Bonchev–Trinajstić information content (AvgIpc) is 3.33. The molecule has 1 aliphatic heterocycles. The van der Waals surface area contributed by atoms with Crippen molar-refractivity contribution in [2.24, 2.45) is 11.3 Å². The number of rotatable bonds is 6. The van der Waals surface area contributed by atoms with Crippen molar-refractivity contribution in [1.29, 1.82) is 4.78 Å². The van der Waals surface area contributed by atoms with Gasteiger partial charge in [-0.25, -0.2) is 8.99 Å². The first kappa shape index (κ1) is 23.9.